The molecule has 2 fully saturated rings. The van der Waals surface area contributed by atoms with Gasteiger partial charge in [0.15, 0.2) is 0 Å². The van der Waals surface area contributed by atoms with E-state index in [1.54, 1.807) is 6.08 Å². The molecule has 0 bridgehead atoms. The van der Waals surface area contributed by atoms with Crippen LogP contribution in [-0.4, -0.2) is 74.0 Å². The van der Waals surface area contributed by atoms with Gasteiger partial charge in [-0.1, -0.05) is 6.08 Å². The third kappa shape index (κ3) is 4.31. The third-order valence-electron chi connectivity index (χ3n) is 3.87. The Labute approximate surface area is 120 Å². The van der Waals surface area contributed by atoms with Gasteiger partial charge < -0.3 is 15.5 Å². The van der Waals surface area contributed by atoms with Crippen LogP contribution in [0.25, 0.3) is 0 Å². The van der Waals surface area contributed by atoms with Crippen LogP contribution in [0.3, 0.4) is 0 Å². The molecule has 6 nitrogen and oxygen atoms in total. The summed E-state index contributed by atoms with van der Waals surface area (Å²) in [6.45, 7) is 9.42. The van der Waals surface area contributed by atoms with E-state index in [2.05, 4.69) is 22.1 Å². The van der Waals surface area contributed by atoms with Crippen LogP contribution in [0.4, 0.5) is 0 Å². The van der Waals surface area contributed by atoms with Gasteiger partial charge >= 0.3 is 0 Å². The summed E-state index contributed by atoms with van der Waals surface area (Å²) in [5, 5.41) is 5.95. The first-order chi connectivity index (χ1) is 9.69. The van der Waals surface area contributed by atoms with E-state index in [1.165, 1.54) is 0 Å². The first kappa shape index (κ1) is 15.0. The van der Waals surface area contributed by atoms with Crippen molar-refractivity contribution < 1.29 is 9.59 Å². The molecule has 2 amide bonds. The summed E-state index contributed by atoms with van der Waals surface area (Å²) >= 11 is 0. The van der Waals surface area contributed by atoms with Crippen molar-refractivity contribution in [2.75, 3.05) is 52.4 Å². The van der Waals surface area contributed by atoms with Crippen molar-refractivity contribution in [2.45, 2.75) is 6.42 Å². The Kier molecular flexibility index (Phi) is 5.55. The molecule has 0 saturated carbocycles. The van der Waals surface area contributed by atoms with Crippen molar-refractivity contribution in [1.29, 1.82) is 0 Å². The van der Waals surface area contributed by atoms with Crippen LogP contribution in [0.15, 0.2) is 12.7 Å². The standard InChI is InChI=1S/C14H24N4O2/c1-2-3-16-13(19)11-17-4-6-18(7-5-17)14(20)8-12-9-15-10-12/h2,12,15H,1,3-11H2,(H,16,19). The predicted octanol–water partition coefficient (Wildman–Crippen LogP) is -0.958. The van der Waals surface area contributed by atoms with Crippen LogP contribution in [0.2, 0.25) is 0 Å². The highest BCUT2D eigenvalue weighted by Crippen LogP contribution is 2.12. The second-order valence-corrected chi connectivity index (χ2v) is 5.48. The highest BCUT2D eigenvalue weighted by atomic mass is 16.2. The lowest BCUT2D eigenvalue weighted by Crippen LogP contribution is -2.52. The summed E-state index contributed by atoms with van der Waals surface area (Å²) < 4.78 is 0. The molecule has 0 aromatic rings. The molecule has 2 aliphatic rings. The Balaban J connectivity index is 1.65. The number of nitrogens with zero attached hydrogens (tertiary/aromatic N) is 2. The lowest BCUT2D eigenvalue weighted by Gasteiger charge is -2.36. The summed E-state index contributed by atoms with van der Waals surface area (Å²) in [6, 6.07) is 0. The van der Waals surface area contributed by atoms with Gasteiger partial charge in [-0.25, -0.2) is 0 Å². The molecule has 6 heteroatoms. The van der Waals surface area contributed by atoms with Crippen LogP contribution in [0.5, 0.6) is 0 Å². The quantitative estimate of drug-likeness (QED) is 0.615. The predicted molar refractivity (Wildman–Crippen MR) is 77.2 cm³/mol. The van der Waals surface area contributed by atoms with Gasteiger partial charge in [0.1, 0.15) is 0 Å². The monoisotopic (exact) mass is 280 g/mol. The van der Waals surface area contributed by atoms with E-state index in [9.17, 15) is 9.59 Å². The second kappa shape index (κ2) is 7.40. The van der Waals surface area contributed by atoms with Crippen molar-refractivity contribution in [3.63, 3.8) is 0 Å². The minimum atomic E-state index is 0.0187. The van der Waals surface area contributed by atoms with Crippen molar-refractivity contribution in [3.8, 4) is 0 Å². The number of nitrogens with one attached hydrogen (secondary N) is 2. The summed E-state index contributed by atoms with van der Waals surface area (Å²) in [5.41, 5.74) is 0. The molecule has 0 unspecified atom stereocenters. The van der Waals surface area contributed by atoms with Crippen LogP contribution < -0.4 is 10.6 Å². The van der Waals surface area contributed by atoms with Crippen LogP contribution in [-0.2, 0) is 9.59 Å². The van der Waals surface area contributed by atoms with E-state index in [-0.39, 0.29) is 11.8 Å². The molecule has 2 N–H and O–H groups in total. The van der Waals surface area contributed by atoms with Gasteiger partial charge in [0.05, 0.1) is 6.54 Å². The molecular formula is C14H24N4O2. The Morgan fingerprint density at radius 1 is 1.25 bits per heavy atom. The zero-order valence-corrected chi connectivity index (χ0v) is 11.9. The average molecular weight is 280 g/mol. The molecule has 0 aliphatic carbocycles. The van der Waals surface area contributed by atoms with Crippen LogP contribution in [0.1, 0.15) is 6.42 Å². The van der Waals surface area contributed by atoms with Crippen molar-refractivity contribution in [3.05, 3.63) is 12.7 Å². The normalized spacial score (nSPS) is 20.3. The van der Waals surface area contributed by atoms with E-state index in [0.29, 0.717) is 25.4 Å². The van der Waals surface area contributed by atoms with E-state index in [4.69, 9.17) is 0 Å². The molecule has 2 heterocycles. The van der Waals surface area contributed by atoms with Crippen LogP contribution >= 0.6 is 0 Å². The van der Waals surface area contributed by atoms with E-state index in [1.807, 2.05) is 4.90 Å². The Hall–Kier alpha value is -1.40. The van der Waals surface area contributed by atoms with Gasteiger partial charge in [-0.3, -0.25) is 14.5 Å². The average Bonchev–Trinajstić information content (AvgIpc) is 2.41. The fraction of sp³-hybridized carbons (Fsp3) is 0.714. The molecule has 2 aliphatic heterocycles. The van der Waals surface area contributed by atoms with Crippen molar-refractivity contribution >= 4 is 11.8 Å². The number of amides is 2. The molecule has 0 atom stereocenters. The number of carbonyl (C=O) groups is 2. The van der Waals surface area contributed by atoms with Gasteiger partial charge in [-0.15, -0.1) is 6.58 Å². The summed E-state index contributed by atoms with van der Waals surface area (Å²) in [7, 11) is 0. The molecule has 0 spiro atoms. The number of hydrogen-bond acceptors (Lipinski definition) is 4. The maximum atomic E-state index is 12.1. The fourth-order valence-corrected chi connectivity index (χ4v) is 2.47. The minimum Gasteiger partial charge on any atom is -0.352 e. The van der Waals surface area contributed by atoms with Gasteiger partial charge in [0.25, 0.3) is 0 Å². The highest BCUT2D eigenvalue weighted by molar-refractivity contribution is 5.78. The molecular weight excluding hydrogens is 256 g/mol. The molecule has 2 saturated heterocycles. The Bertz CT molecular complexity index is 360. The second-order valence-electron chi connectivity index (χ2n) is 5.48. The van der Waals surface area contributed by atoms with Gasteiger partial charge in [0, 0.05) is 39.1 Å². The molecule has 2 rings (SSSR count). The highest BCUT2D eigenvalue weighted by Gasteiger charge is 2.26. The number of hydrogen-bond donors (Lipinski definition) is 2. The fourth-order valence-electron chi connectivity index (χ4n) is 2.47. The lowest BCUT2D eigenvalue weighted by molar-refractivity contribution is -0.134. The molecule has 0 radical (unpaired) electrons. The molecule has 20 heavy (non-hydrogen) atoms. The van der Waals surface area contributed by atoms with Crippen LogP contribution in [0, 0.1) is 5.92 Å². The summed E-state index contributed by atoms with van der Waals surface area (Å²) in [4.78, 5) is 27.7. The topological polar surface area (TPSA) is 64.7 Å². The number of carbonyl (C=O) groups excluding carboxylic acids is 2. The summed E-state index contributed by atoms with van der Waals surface area (Å²) in [6.07, 6.45) is 2.33. The van der Waals surface area contributed by atoms with E-state index in [0.717, 1.165) is 39.3 Å². The van der Waals surface area contributed by atoms with E-state index >= 15 is 0 Å². The first-order valence-electron chi connectivity index (χ1n) is 7.27. The Morgan fingerprint density at radius 2 is 1.95 bits per heavy atom. The SMILES string of the molecule is C=CCNC(=O)CN1CCN(C(=O)CC2CNC2)CC1. The number of rotatable bonds is 6. The third-order valence-corrected chi connectivity index (χ3v) is 3.87. The Morgan fingerprint density at radius 3 is 2.50 bits per heavy atom. The summed E-state index contributed by atoms with van der Waals surface area (Å²) in [5.74, 6) is 0.794. The lowest BCUT2D eigenvalue weighted by atomic mass is 9.98. The van der Waals surface area contributed by atoms with Crippen molar-refractivity contribution in [1.82, 2.24) is 20.4 Å². The largest absolute Gasteiger partial charge is 0.352 e. The van der Waals surface area contributed by atoms with E-state index < -0.39 is 0 Å². The smallest absolute Gasteiger partial charge is 0.234 e. The molecule has 0 aromatic heterocycles. The first-order valence-corrected chi connectivity index (χ1v) is 7.27. The number of piperazine rings is 1. The molecule has 112 valence electrons. The van der Waals surface area contributed by atoms with Gasteiger partial charge in [-0.2, -0.15) is 0 Å². The zero-order valence-electron chi connectivity index (χ0n) is 11.9. The minimum absolute atomic E-state index is 0.0187. The van der Waals surface area contributed by atoms with Gasteiger partial charge in [-0.05, 0) is 19.0 Å². The van der Waals surface area contributed by atoms with Crippen molar-refractivity contribution in [2.24, 2.45) is 5.92 Å². The zero-order chi connectivity index (χ0) is 14.4. The van der Waals surface area contributed by atoms with Gasteiger partial charge in [0.2, 0.25) is 11.8 Å². The maximum Gasteiger partial charge on any atom is 0.234 e. The molecule has 0 aromatic carbocycles. The maximum absolute atomic E-state index is 12.1.